The van der Waals surface area contributed by atoms with Crippen molar-refractivity contribution in [1.82, 2.24) is 15.1 Å². The molecule has 1 aliphatic carbocycles. The lowest BCUT2D eigenvalue weighted by Crippen LogP contribution is -2.38. The second kappa shape index (κ2) is 6.41. The number of dihydropyridines is 1. The Morgan fingerprint density at radius 3 is 2.65 bits per heavy atom. The Bertz CT molecular complexity index is 842. The monoisotopic (exact) mass is 357 g/mol. The van der Waals surface area contributed by atoms with Gasteiger partial charge in [0.2, 0.25) is 0 Å². The predicted octanol–water partition coefficient (Wildman–Crippen LogP) is 2.99. The van der Waals surface area contributed by atoms with Gasteiger partial charge in [-0.1, -0.05) is 13.8 Å². The maximum atomic E-state index is 13.1. The topological polar surface area (TPSA) is 73.2 Å². The largest absolute Gasteiger partial charge is 0.466 e. The Morgan fingerprint density at radius 1 is 1.38 bits per heavy atom. The Morgan fingerprint density at radius 2 is 2.08 bits per heavy atom. The van der Waals surface area contributed by atoms with Crippen molar-refractivity contribution in [3.63, 3.8) is 0 Å². The number of rotatable bonds is 3. The summed E-state index contributed by atoms with van der Waals surface area (Å²) in [5, 5.41) is 7.75. The van der Waals surface area contributed by atoms with E-state index in [4.69, 9.17) is 4.74 Å². The molecule has 140 valence electrons. The van der Waals surface area contributed by atoms with Crippen molar-refractivity contribution in [1.29, 1.82) is 0 Å². The second-order valence-corrected chi connectivity index (χ2v) is 7.92. The molecule has 1 aromatic heterocycles. The minimum absolute atomic E-state index is 0.0892. The molecule has 1 N–H and O–H groups in total. The summed E-state index contributed by atoms with van der Waals surface area (Å²) in [5.41, 5.74) is 4.62. The van der Waals surface area contributed by atoms with Crippen LogP contribution in [0.25, 0.3) is 0 Å². The molecule has 0 aromatic carbocycles. The molecular weight excluding hydrogens is 330 g/mol. The number of carbonyl (C=O) groups excluding carboxylic acids is 2. The molecule has 2 heterocycles. The lowest BCUT2D eigenvalue weighted by Gasteiger charge is -2.39. The van der Waals surface area contributed by atoms with Crippen LogP contribution in [0.2, 0.25) is 0 Å². The number of hydrogen-bond acceptors (Lipinski definition) is 5. The lowest BCUT2D eigenvalue weighted by molar-refractivity contribution is -0.136. The van der Waals surface area contributed by atoms with Crippen LogP contribution in [0.1, 0.15) is 57.7 Å². The van der Waals surface area contributed by atoms with E-state index in [1.165, 1.54) is 7.11 Å². The van der Waals surface area contributed by atoms with E-state index in [0.717, 1.165) is 35.6 Å². The van der Waals surface area contributed by atoms with Crippen LogP contribution in [-0.2, 0) is 20.9 Å². The molecule has 26 heavy (non-hydrogen) atoms. The summed E-state index contributed by atoms with van der Waals surface area (Å²) in [4.78, 5) is 25.7. The number of aryl methyl sites for hydroxylation is 1. The molecule has 3 rings (SSSR count). The molecule has 1 atom stereocenters. The number of methoxy groups -OCH3 is 1. The first-order chi connectivity index (χ1) is 12.2. The van der Waals surface area contributed by atoms with E-state index in [1.54, 1.807) is 6.20 Å². The molecule has 6 nitrogen and oxygen atoms in total. The molecule has 0 spiro atoms. The highest BCUT2D eigenvalue weighted by Gasteiger charge is 2.43. The van der Waals surface area contributed by atoms with E-state index in [-0.39, 0.29) is 11.2 Å². The van der Waals surface area contributed by atoms with Crippen LogP contribution in [0.5, 0.6) is 0 Å². The van der Waals surface area contributed by atoms with E-state index >= 15 is 0 Å². The van der Waals surface area contributed by atoms with Gasteiger partial charge in [0.05, 0.1) is 24.8 Å². The smallest absolute Gasteiger partial charge is 0.336 e. The number of ketones is 1. The van der Waals surface area contributed by atoms with E-state index < -0.39 is 11.9 Å². The number of esters is 1. The highest BCUT2D eigenvalue weighted by molar-refractivity contribution is 6.04. The number of ether oxygens (including phenoxy) is 1. The minimum Gasteiger partial charge on any atom is -0.466 e. The number of nitrogens with zero attached hydrogens (tertiary/aromatic N) is 2. The number of hydrogen-bond donors (Lipinski definition) is 1. The van der Waals surface area contributed by atoms with Gasteiger partial charge in [0.1, 0.15) is 0 Å². The molecule has 0 amide bonds. The summed E-state index contributed by atoms with van der Waals surface area (Å²) in [6.07, 6.45) is 3.03. The van der Waals surface area contributed by atoms with Gasteiger partial charge in [0.25, 0.3) is 0 Å². The van der Waals surface area contributed by atoms with Gasteiger partial charge in [-0.3, -0.25) is 9.48 Å². The van der Waals surface area contributed by atoms with Gasteiger partial charge in [-0.05, 0) is 32.6 Å². The van der Waals surface area contributed by atoms with Crippen LogP contribution >= 0.6 is 0 Å². The number of allylic oxidation sites excluding steroid dienone is 3. The van der Waals surface area contributed by atoms with Gasteiger partial charge < -0.3 is 10.1 Å². The highest BCUT2D eigenvalue weighted by Crippen LogP contribution is 2.47. The standard InChI is InChI=1S/C20H27N3O3/c1-7-23-12(3)13(10-21-23)17-16(19(25)26-6)11(2)22-14-8-20(4,5)9-15(24)18(14)17/h10,17,22H,7-9H2,1-6H3. The average Bonchev–Trinajstić information content (AvgIpc) is 2.92. The van der Waals surface area contributed by atoms with Crippen molar-refractivity contribution in [2.75, 3.05) is 7.11 Å². The maximum absolute atomic E-state index is 13.1. The van der Waals surface area contributed by atoms with Crippen molar-refractivity contribution < 1.29 is 14.3 Å². The van der Waals surface area contributed by atoms with Crippen LogP contribution in [0.3, 0.4) is 0 Å². The SMILES string of the molecule is CCn1ncc(C2C(C(=O)OC)=C(C)NC3=C2C(=O)CC(C)(C)C3)c1C. The van der Waals surface area contributed by atoms with Crippen molar-refractivity contribution in [3.05, 3.63) is 40.0 Å². The van der Waals surface area contributed by atoms with Crippen molar-refractivity contribution in [2.24, 2.45) is 5.41 Å². The summed E-state index contributed by atoms with van der Waals surface area (Å²) in [6, 6.07) is 0. The Kier molecular flexibility index (Phi) is 4.54. The van der Waals surface area contributed by atoms with Crippen molar-refractivity contribution >= 4 is 11.8 Å². The predicted molar refractivity (Wildman–Crippen MR) is 98.3 cm³/mol. The summed E-state index contributed by atoms with van der Waals surface area (Å²) in [6.45, 7) is 10.8. The average molecular weight is 357 g/mol. The number of nitrogens with one attached hydrogen (secondary N) is 1. The summed E-state index contributed by atoms with van der Waals surface area (Å²) in [5.74, 6) is -0.748. The highest BCUT2D eigenvalue weighted by atomic mass is 16.5. The van der Waals surface area contributed by atoms with Crippen LogP contribution in [0.15, 0.2) is 28.7 Å². The zero-order valence-corrected chi connectivity index (χ0v) is 16.4. The van der Waals surface area contributed by atoms with Crippen LogP contribution in [0, 0.1) is 12.3 Å². The quantitative estimate of drug-likeness (QED) is 0.842. The molecule has 1 unspecified atom stereocenters. The number of carbonyl (C=O) groups is 2. The molecule has 0 saturated heterocycles. The second-order valence-electron chi connectivity index (χ2n) is 7.92. The molecule has 2 aliphatic rings. The van der Waals surface area contributed by atoms with Gasteiger partial charge in [0, 0.05) is 41.2 Å². The fourth-order valence-corrected chi connectivity index (χ4v) is 4.19. The molecule has 0 fully saturated rings. The van der Waals surface area contributed by atoms with Gasteiger partial charge in [0.15, 0.2) is 5.78 Å². The molecule has 1 aliphatic heterocycles. The Labute approximate surface area is 154 Å². The zero-order valence-electron chi connectivity index (χ0n) is 16.4. The third-order valence-corrected chi connectivity index (χ3v) is 5.40. The summed E-state index contributed by atoms with van der Waals surface area (Å²) >= 11 is 0. The third kappa shape index (κ3) is 2.87. The van der Waals surface area contributed by atoms with Gasteiger partial charge in [-0.2, -0.15) is 5.10 Å². The number of Topliss-reactive ketones (excluding diaryl/α,β-unsaturated/α-hetero) is 1. The first kappa shape index (κ1) is 18.4. The van der Waals surface area contributed by atoms with Gasteiger partial charge in [-0.15, -0.1) is 0 Å². The van der Waals surface area contributed by atoms with E-state index in [2.05, 4.69) is 24.3 Å². The normalized spacial score (nSPS) is 22.2. The van der Waals surface area contributed by atoms with Crippen LogP contribution in [-0.4, -0.2) is 28.6 Å². The van der Waals surface area contributed by atoms with Crippen LogP contribution < -0.4 is 5.32 Å². The Hall–Kier alpha value is -2.37. The molecular formula is C20H27N3O3. The first-order valence-corrected chi connectivity index (χ1v) is 9.04. The van der Waals surface area contributed by atoms with E-state index in [0.29, 0.717) is 17.6 Å². The summed E-state index contributed by atoms with van der Waals surface area (Å²) < 4.78 is 6.93. The molecule has 1 aromatic rings. The van der Waals surface area contributed by atoms with Crippen molar-refractivity contribution in [3.8, 4) is 0 Å². The van der Waals surface area contributed by atoms with Crippen molar-refractivity contribution in [2.45, 2.75) is 59.9 Å². The molecule has 0 radical (unpaired) electrons. The minimum atomic E-state index is -0.428. The third-order valence-electron chi connectivity index (χ3n) is 5.40. The maximum Gasteiger partial charge on any atom is 0.336 e. The van der Waals surface area contributed by atoms with E-state index in [1.807, 2.05) is 25.5 Å². The molecule has 6 heteroatoms. The molecule has 0 saturated carbocycles. The lowest BCUT2D eigenvalue weighted by atomic mass is 9.68. The first-order valence-electron chi connectivity index (χ1n) is 9.04. The fourth-order valence-electron chi connectivity index (χ4n) is 4.19. The van der Waals surface area contributed by atoms with E-state index in [9.17, 15) is 9.59 Å². The number of aromatic nitrogens is 2. The van der Waals surface area contributed by atoms with Crippen LogP contribution in [0.4, 0.5) is 0 Å². The zero-order chi connectivity index (χ0) is 19.2. The fraction of sp³-hybridized carbons (Fsp3) is 0.550. The van der Waals surface area contributed by atoms with Gasteiger partial charge >= 0.3 is 5.97 Å². The Balaban J connectivity index is 2.23. The van der Waals surface area contributed by atoms with Gasteiger partial charge in [-0.25, -0.2) is 4.79 Å². The molecule has 0 bridgehead atoms. The summed E-state index contributed by atoms with van der Waals surface area (Å²) in [7, 11) is 1.37.